The summed E-state index contributed by atoms with van der Waals surface area (Å²) in [5, 5.41) is 2.93. The molecule has 1 aromatic carbocycles. The summed E-state index contributed by atoms with van der Waals surface area (Å²) in [4.78, 5) is 21.8. The lowest BCUT2D eigenvalue weighted by Gasteiger charge is -2.35. The molecule has 0 amide bonds. The summed E-state index contributed by atoms with van der Waals surface area (Å²) in [5.41, 5.74) is 4.47. The summed E-state index contributed by atoms with van der Waals surface area (Å²) in [6, 6.07) is 9.95. The van der Waals surface area contributed by atoms with Crippen molar-refractivity contribution >= 4 is 11.3 Å². The molecule has 2 aromatic heterocycles. The first kappa shape index (κ1) is 15.9. The summed E-state index contributed by atoms with van der Waals surface area (Å²) in [6.07, 6.45) is 1.80. The zero-order chi connectivity index (χ0) is 17.4. The van der Waals surface area contributed by atoms with Gasteiger partial charge in [0.25, 0.3) is 5.56 Å². The molecule has 1 fully saturated rings. The quantitative estimate of drug-likeness (QED) is 0.796. The van der Waals surface area contributed by atoms with Gasteiger partial charge in [0.2, 0.25) is 0 Å². The molecule has 25 heavy (non-hydrogen) atoms. The van der Waals surface area contributed by atoms with Crippen LogP contribution in [0.1, 0.15) is 12.5 Å². The van der Waals surface area contributed by atoms with Gasteiger partial charge in [-0.05, 0) is 25.6 Å². The number of aromatic nitrogens is 3. The molecule has 6 heteroatoms. The molecule has 3 aromatic rings. The minimum Gasteiger partial charge on any atom is -0.369 e. The van der Waals surface area contributed by atoms with Crippen LogP contribution in [-0.2, 0) is 0 Å². The molecule has 1 aliphatic rings. The average Bonchev–Trinajstić information content (AvgIpc) is 3.04. The largest absolute Gasteiger partial charge is 0.369 e. The highest BCUT2D eigenvalue weighted by Crippen LogP contribution is 2.23. The number of rotatable bonds is 3. The highest BCUT2D eigenvalue weighted by atomic mass is 16.1. The fourth-order valence-corrected chi connectivity index (χ4v) is 3.41. The van der Waals surface area contributed by atoms with E-state index in [1.807, 2.05) is 6.92 Å². The molecule has 1 saturated heterocycles. The maximum absolute atomic E-state index is 12.2. The number of nitrogens with zero attached hydrogens (tertiary/aromatic N) is 4. The molecule has 0 bridgehead atoms. The van der Waals surface area contributed by atoms with Gasteiger partial charge in [-0.3, -0.25) is 9.89 Å². The van der Waals surface area contributed by atoms with Gasteiger partial charge in [-0.15, -0.1) is 0 Å². The Bertz CT molecular complexity index is 933. The van der Waals surface area contributed by atoms with E-state index in [0.29, 0.717) is 5.65 Å². The molecule has 0 unspecified atom stereocenters. The van der Waals surface area contributed by atoms with Crippen molar-refractivity contribution in [2.45, 2.75) is 13.8 Å². The van der Waals surface area contributed by atoms with Crippen LogP contribution in [0.4, 0.5) is 5.69 Å². The Morgan fingerprint density at radius 1 is 1.12 bits per heavy atom. The average molecular weight is 337 g/mol. The maximum Gasteiger partial charge on any atom is 0.273 e. The Kier molecular flexibility index (Phi) is 4.05. The minimum atomic E-state index is -0.0899. The van der Waals surface area contributed by atoms with Gasteiger partial charge in [-0.1, -0.05) is 19.1 Å². The van der Waals surface area contributed by atoms with Crippen molar-refractivity contribution in [1.29, 1.82) is 0 Å². The van der Waals surface area contributed by atoms with Gasteiger partial charge in [-0.2, -0.15) is 0 Å². The fourth-order valence-electron chi connectivity index (χ4n) is 3.41. The van der Waals surface area contributed by atoms with Crippen LogP contribution in [0.5, 0.6) is 0 Å². The molecule has 4 rings (SSSR count). The van der Waals surface area contributed by atoms with Crippen LogP contribution in [0.3, 0.4) is 0 Å². The maximum atomic E-state index is 12.2. The molecule has 1 N–H and O–H groups in total. The standard InChI is InChI=1S/C19H23N5O/c1-3-22-8-10-23(11-9-22)16-6-4-15(5-7-16)17-12-18(25)24-19(21-17)14(2)13-20-24/h4-7,12-13,20H,3,8-11H2,1-2H3. The van der Waals surface area contributed by atoms with Crippen molar-refractivity contribution in [2.75, 3.05) is 37.6 Å². The van der Waals surface area contributed by atoms with Crippen molar-refractivity contribution < 1.29 is 0 Å². The van der Waals surface area contributed by atoms with E-state index >= 15 is 0 Å². The topological polar surface area (TPSA) is 56.6 Å². The smallest absolute Gasteiger partial charge is 0.273 e. The van der Waals surface area contributed by atoms with Crippen LogP contribution in [0.15, 0.2) is 41.3 Å². The van der Waals surface area contributed by atoms with Gasteiger partial charge in [-0.25, -0.2) is 9.50 Å². The molecule has 0 atom stereocenters. The van der Waals surface area contributed by atoms with Gasteiger partial charge in [0.15, 0.2) is 5.65 Å². The Balaban J connectivity index is 1.60. The zero-order valence-electron chi connectivity index (χ0n) is 14.7. The second kappa shape index (κ2) is 6.37. The van der Waals surface area contributed by atoms with Gasteiger partial charge >= 0.3 is 0 Å². The van der Waals surface area contributed by atoms with E-state index in [2.05, 4.69) is 51.1 Å². The van der Waals surface area contributed by atoms with Crippen LogP contribution in [0, 0.1) is 6.92 Å². The lowest BCUT2D eigenvalue weighted by molar-refractivity contribution is 0.271. The molecule has 1 aliphatic heterocycles. The third kappa shape index (κ3) is 2.93. The predicted molar refractivity (Wildman–Crippen MR) is 100 cm³/mol. The third-order valence-corrected chi connectivity index (χ3v) is 5.03. The number of hydrogen-bond donors (Lipinski definition) is 1. The van der Waals surface area contributed by atoms with E-state index < -0.39 is 0 Å². The molecule has 0 saturated carbocycles. The lowest BCUT2D eigenvalue weighted by atomic mass is 10.1. The number of H-pyrrole nitrogens is 1. The highest BCUT2D eigenvalue weighted by molar-refractivity contribution is 5.65. The number of hydrogen-bond acceptors (Lipinski definition) is 4. The van der Waals surface area contributed by atoms with E-state index in [4.69, 9.17) is 0 Å². The minimum absolute atomic E-state index is 0.0899. The third-order valence-electron chi connectivity index (χ3n) is 5.03. The summed E-state index contributed by atoms with van der Waals surface area (Å²) in [7, 11) is 0. The fraction of sp³-hybridized carbons (Fsp3) is 0.368. The summed E-state index contributed by atoms with van der Waals surface area (Å²) >= 11 is 0. The first-order valence-corrected chi connectivity index (χ1v) is 8.81. The van der Waals surface area contributed by atoms with Crippen molar-refractivity contribution in [3.05, 3.63) is 52.4 Å². The van der Waals surface area contributed by atoms with Crippen molar-refractivity contribution in [3.63, 3.8) is 0 Å². The Morgan fingerprint density at radius 2 is 1.84 bits per heavy atom. The summed E-state index contributed by atoms with van der Waals surface area (Å²) < 4.78 is 1.47. The summed E-state index contributed by atoms with van der Waals surface area (Å²) in [5.74, 6) is 0. The molecule has 0 radical (unpaired) electrons. The summed E-state index contributed by atoms with van der Waals surface area (Å²) in [6.45, 7) is 9.61. The van der Waals surface area contributed by atoms with Gasteiger partial charge in [0, 0.05) is 55.3 Å². The van der Waals surface area contributed by atoms with Crippen molar-refractivity contribution in [1.82, 2.24) is 19.5 Å². The van der Waals surface area contributed by atoms with Crippen LogP contribution < -0.4 is 10.5 Å². The predicted octanol–water partition coefficient (Wildman–Crippen LogP) is 2.14. The van der Waals surface area contributed by atoms with Crippen LogP contribution in [-0.4, -0.2) is 52.2 Å². The van der Waals surface area contributed by atoms with E-state index in [1.165, 1.54) is 10.2 Å². The number of nitrogens with one attached hydrogen (secondary N) is 1. The monoisotopic (exact) mass is 337 g/mol. The number of fused-ring (bicyclic) bond motifs is 1. The molecular formula is C19H23N5O. The molecule has 130 valence electrons. The van der Waals surface area contributed by atoms with Gasteiger partial charge < -0.3 is 9.80 Å². The number of piperazine rings is 1. The Labute approximate surface area is 146 Å². The van der Waals surface area contributed by atoms with E-state index in [9.17, 15) is 4.79 Å². The molecule has 6 nitrogen and oxygen atoms in total. The number of aromatic amines is 1. The second-order valence-corrected chi connectivity index (χ2v) is 6.56. The number of aryl methyl sites for hydroxylation is 1. The van der Waals surface area contributed by atoms with Crippen molar-refractivity contribution in [3.8, 4) is 11.3 Å². The number of likely N-dealkylation sites (N-methyl/N-ethyl adjacent to an activating group) is 1. The molecule has 3 heterocycles. The van der Waals surface area contributed by atoms with Crippen LogP contribution in [0.2, 0.25) is 0 Å². The van der Waals surface area contributed by atoms with Crippen LogP contribution >= 0.6 is 0 Å². The first-order valence-electron chi connectivity index (χ1n) is 8.81. The number of benzene rings is 1. The van der Waals surface area contributed by atoms with Gasteiger partial charge in [0.1, 0.15) is 0 Å². The first-order chi connectivity index (χ1) is 12.2. The SMILES string of the molecule is CCN1CCN(c2ccc(-c3cc(=O)n4[nH]cc(C)c4n3)cc2)CC1. The zero-order valence-corrected chi connectivity index (χ0v) is 14.7. The lowest BCUT2D eigenvalue weighted by Crippen LogP contribution is -2.46. The molecule has 0 spiro atoms. The van der Waals surface area contributed by atoms with E-state index in [0.717, 1.165) is 49.5 Å². The van der Waals surface area contributed by atoms with Crippen molar-refractivity contribution in [2.24, 2.45) is 0 Å². The molecule has 0 aliphatic carbocycles. The molecular weight excluding hydrogens is 314 g/mol. The second-order valence-electron chi connectivity index (χ2n) is 6.56. The number of anilines is 1. The van der Waals surface area contributed by atoms with Crippen LogP contribution in [0.25, 0.3) is 16.9 Å². The normalized spacial score (nSPS) is 15.8. The van der Waals surface area contributed by atoms with Gasteiger partial charge in [0.05, 0.1) is 5.69 Å². The van der Waals surface area contributed by atoms with E-state index in [-0.39, 0.29) is 5.56 Å². The Hall–Kier alpha value is -2.60. The van der Waals surface area contributed by atoms with E-state index in [1.54, 1.807) is 12.3 Å². The highest BCUT2D eigenvalue weighted by Gasteiger charge is 2.16. The Morgan fingerprint density at radius 3 is 2.52 bits per heavy atom.